The van der Waals surface area contributed by atoms with E-state index in [4.69, 9.17) is 0 Å². The van der Waals surface area contributed by atoms with Gasteiger partial charge in [0.15, 0.2) is 0 Å². The SMILES string of the molecule is CCN(CC(=O)N1CCN(c2ncccn2)CC1)c1cccc(C)c1. The molecule has 1 aliphatic rings. The Hall–Kier alpha value is -2.63. The summed E-state index contributed by atoms with van der Waals surface area (Å²) >= 11 is 0. The second-order valence-corrected chi connectivity index (χ2v) is 6.27. The van der Waals surface area contributed by atoms with E-state index in [0.717, 1.165) is 31.3 Å². The molecule has 0 bridgehead atoms. The van der Waals surface area contributed by atoms with E-state index in [9.17, 15) is 4.79 Å². The molecule has 1 aliphatic heterocycles. The summed E-state index contributed by atoms with van der Waals surface area (Å²) in [6, 6.07) is 10.1. The van der Waals surface area contributed by atoms with Gasteiger partial charge in [0.2, 0.25) is 11.9 Å². The van der Waals surface area contributed by atoms with Crippen LogP contribution in [0.25, 0.3) is 0 Å². The van der Waals surface area contributed by atoms with E-state index < -0.39 is 0 Å². The molecular weight excluding hydrogens is 314 g/mol. The molecule has 6 heteroatoms. The maximum absolute atomic E-state index is 12.7. The van der Waals surface area contributed by atoms with Gasteiger partial charge in [-0.25, -0.2) is 9.97 Å². The van der Waals surface area contributed by atoms with Crippen LogP contribution in [0, 0.1) is 6.92 Å². The van der Waals surface area contributed by atoms with Gasteiger partial charge < -0.3 is 14.7 Å². The predicted octanol–water partition coefficient (Wildman–Crippen LogP) is 1.96. The highest BCUT2D eigenvalue weighted by Crippen LogP contribution is 2.16. The molecule has 0 saturated carbocycles. The van der Waals surface area contributed by atoms with Gasteiger partial charge in [-0.1, -0.05) is 12.1 Å². The first-order valence-electron chi connectivity index (χ1n) is 8.78. The average molecular weight is 339 g/mol. The predicted molar refractivity (Wildman–Crippen MR) is 99.9 cm³/mol. The summed E-state index contributed by atoms with van der Waals surface area (Å²) in [6.45, 7) is 8.35. The zero-order valence-corrected chi connectivity index (χ0v) is 14.9. The number of carbonyl (C=O) groups is 1. The summed E-state index contributed by atoms with van der Waals surface area (Å²) in [5, 5.41) is 0. The van der Waals surface area contributed by atoms with Crippen LogP contribution in [0.1, 0.15) is 12.5 Å². The lowest BCUT2D eigenvalue weighted by atomic mass is 10.2. The second kappa shape index (κ2) is 7.96. The maximum Gasteiger partial charge on any atom is 0.242 e. The van der Waals surface area contributed by atoms with Crippen molar-refractivity contribution in [1.29, 1.82) is 0 Å². The van der Waals surface area contributed by atoms with Crippen molar-refractivity contribution in [1.82, 2.24) is 14.9 Å². The lowest BCUT2D eigenvalue weighted by molar-refractivity contribution is -0.130. The number of amides is 1. The summed E-state index contributed by atoms with van der Waals surface area (Å²) in [7, 11) is 0. The summed E-state index contributed by atoms with van der Waals surface area (Å²) in [5.41, 5.74) is 2.31. The Morgan fingerprint density at radius 2 is 1.84 bits per heavy atom. The number of anilines is 2. The first kappa shape index (κ1) is 17.2. The molecule has 0 radical (unpaired) electrons. The third kappa shape index (κ3) is 4.26. The van der Waals surface area contributed by atoms with E-state index in [-0.39, 0.29) is 5.91 Å². The van der Waals surface area contributed by atoms with Gasteiger partial charge in [-0.2, -0.15) is 0 Å². The minimum Gasteiger partial charge on any atom is -0.362 e. The molecule has 1 aromatic heterocycles. The molecule has 132 valence electrons. The summed E-state index contributed by atoms with van der Waals surface area (Å²) in [4.78, 5) is 27.5. The Labute approximate surface area is 149 Å². The molecule has 0 unspecified atom stereocenters. The number of aryl methyl sites for hydroxylation is 1. The van der Waals surface area contributed by atoms with Crippen LogP contribution in [0.5, 0.6) is 0 Å². The lowest BCUT2D eigenvalue weighted by Crippen LogP contribution is -2.51. The number of rotatable bonds is 5. The fourth-order valence-electron chi connectivity index (χ4n) is 3.08. The van der Waals surface area contributed by atoms with Crippen LogP contribution >= 0.6 is 0 Å². The van der Waals surface area contributed by atoms with E-state index >= 15 is 0 Å². The van der Waals surface area contributed by atoms with Crippen molar-refractivity contribution >= 4 is 17.5 Å². The topological polar surface area (TPSA) is 52.6 Å². The molecule has 1 saturated heterocycles. The number of hydrogen-bond acceptors (Lipinski definition) is 5. The number of aromatic nitrogens is 2. The first-order chi connectivity index (χ1) is 12.2. The fraction of sp³-hybridized carbons (Fsp3) is 0.421. The van der Waals surface area contributed by atoms with Gasteiger partial charge in [0, 0.05) is 50.8 Å². The molecule has 0 aliphatic carbocycles. The average Bonchev–Trinajstić information content (AvgIpc) is 2.66. The zero-order valence-electron chi connectivity index (χ0n) is 14.9. The molecule has 2 heterocycles. The molecular formula is C19H25N5O. The molecule has 1 aromatic carbocycles. The smallest absolute Gasteiger partial charge is 0.242 e. The quantitative estimate of drug-likeness (QED) is 0.833. The Balaban J connectivity index is 1.57. The van der Waals surface area contributed by atoms with E-state index in [1.807, 2.05) is 17.0 Å². The highest BCUT2D eigenvalue weighted by atomic mass is 16.2. The Kier molecular flexibility index (Phi) is 5.48. The Morgan fingerprint density at radius 3 is 2.48 bits per heavy atom. The number of likely N-dealkylation sites (N-methyl/N-ethyl adjacent to an activating group) is 1. The third-order valence-electron chi connectivity index (χ3n) is 4.54. The Morgan fingerprint density at radius 1 is 1.12 bits per heavy atom. The van der Waals surface area contributed by atoms with E-state index in [2.05, 4.69) is 51.8 Å². The zero-order chi connectivity index (χ0) is 17.6. The molecule has 0 N–H and O–H groups in total. The third-order valence-corrected chi connectivity index (χ3v) is 4.54. The van der Waals surface area contributed by atoms with Crippen LogP contribution in [0.15, 0.2) is 42.7 Å². The van der Waals surface area contributed by atoms with Gasteiger partial charge in [0.1, 0.15) is 0 Å². The number of benzene rings is 1. The van der Waals surface area contributed by atoms with Gasteiger partial charge in [-0.15, -0.1) is 0 Å². The minimum atomic E-state index is 0.178. The molecule has 0 spiro atoms. The monoisotopic (exact) mass is 339 g/mol. The molecule has 0 atom stereocenters. The highest BCUT2D eigenvalue weighted by Gasteiger charge is 2.23. The molecule has 1 amide bonds. The van der Waals surface area contributed by atoms with Gasteiger partial charge >= 0.3 is 0 Å². The Bertz CT molecular complexity index is 698. The molecule has 1 fully saturated rings. The summed E-state index contributed by atoms with van der Waals surface area (Å²) in [6.07, 6.45) is 3.50. The molecule has 25 heavy (non-hydrogen) atoms. The fourth-order valence-corrected chi connectivity index (χ4v) is 3.08. The largest absolute Gasteiger partial charge is 0.362 e. The van der Waals surface area contributed by atoms with Crippen molar-refractivity contribution in [3.8, 4) is 0 Å². The van der Waals surface area contributed by atoms with Crippen LogP contribution in [-0.2, 0) is 4.79 Å². The number of nitrogens with zero attached hydrogens (tertiary/aromatic N) is 5. The second-order valence-electron chi connectivity index (χ2n) is 6.27. The molecule has 6 nitrogen and oxygen atoms in total. The maximum atomic E-state index is 12.7. The van der Waals surface area contributed by atoms with E-state index in [1.54, 1.807) is 12.4 Å². The van der Waals surface area contributed by atoms with Gasteiger partial charge in [0.05, 0.1) is 6.54 Å². The van der Waals surface area contributed by atoms with Crippen molar-refractivity contribution in [2.75, 3.05) is 49.1 Å². The summed E-state index contributed by atoms with van der Waals surface area (Å²) in [5.74, 6) is 0.918. The van der Waals surface area contributed by atoms with Crippen LogP contribution in [0.3, 0.4) is 0 Å². The number of carbonyl (C=O) groups excluding carboxylic acids is 1. The standard InChI is InChI=1S/C19H25N5O/c1-3-22(17-7-4-6-16(2)14-17)15-18(25)23-10-12-24(13-11-23)19-20-8-5-9-21-19/h4-9,14H,3,10-13,15H2,1-2H3. The van der Waals surface area contributed by atoms with Crippen LogP contribution in [0.2, 0.25) is 0 Å². The summed E-state index contributed by atoms with van der Waals surface area (Å²) < 4.78 is 0. The lowest BCUT2D eigenvalue weighted by Gasteiger charge is -2.36. The van der Waals surface area contributed by atoms with Crippen LogP contribution < -0.4 is 9.80 Å². The van der Waals surface area contributed by atoms with Crippen molar-refractivity contribution in [2.24, 2.45) is 0 Å². The van der Waals surface area contributed by atoms with Gasteiger partial charge in [0.25, 0.3) is 0 Å². The number of hydrogen-bond donors (Lipinski definition) is 0. The van der Waals surface area contributed by atoms with Crippen molar-refractivity contribution in [2.45, 2.75) is 13.8 Å². The van der Waals surface area contributed by atoms with E-state index in [1.165, 1.54) is 5.56 Å². The normalized spacial score (nSPS) is 14.5. The van der Waals surface area contributed by atoms with Gasteiger partial charge in [-0.05, 0) is 37.6 Å². The minimum absolute atomic E-state index is 0.178. The van der Waals surface area contributed by atoms with Crippen molar-refractivity contribution in [3.63, 3.8) is 0 Å². The van der Waals surface area contributed by atoms with Crippen LogP contribution in [-0.4, -0.2) is 60.0 Å². The number of piperazine rings is 1. The first-order valence-corrected chi connectivity index (χ1v) is 8.78. The van der Waals surface area contributed by atoms with Gasteiger partial charge in [-0.3, -0.25) is 4.79 Å². The van der Waals surface area contributed by atoms with Crippen molar-refractivity contribution < 1.29 is 4.79 Å². The molecule has 3 rings (SSSR count). The van der Waals surface area contributed by atoms with Crippen molar-refractivity contribution in [3.05, 3.63) is 48.3 Å². The molecule has 2 aromatic rings. The van der Waals surface area contributed by atoms with E-state index in [0.29, 0.717) is 19.6 Å². The highest BCUT2D eigenvalue weighted by molar-refractivity contribution is 5.81. The van der Waals surface area contributed by atoms with Crippen LogP contribution in [0.4, 0.5) is 11.6 Å².